The van der Waals surface area contributed by atoms with E-state index in [1.165, 1.54) is 6.26 Å². The summed E-state index contributed by atoms with van der Waals surface area (Å²) < 4.78 is 28.0. The van der Waals surface area contributed by atoms with E-state index in [0.29, 0.717) is 36.3 Å². The first-order chi connectivity index (χ1) is 11.3. The summed E-state index contributed by atoms with van der Waals surface area (Å²) in [5.74, 6) is 1.50. The van der Waals surface area contributed by atoms with Crippen molar-refractivity contribution in [3.63, 3.8) is 0 Å². The van der Waals surface area contributed by atoms with E-state index < -0.39 is 9.84 Å². The van der Waals surface area contributed by atoms with E-state index in [1.54, 1.807) is 12.1 Å². The molecule has 0 amide bonds. The zero-order chi connectivity index (χ0) is 18.0. The van der Waals surface area contributed by atoms with Crippen LogP contribution in [0.3, 0.4) is 0 Å². The molecule has 1 rings (SSSR count). The van der Waals surface area contributed by atoms with E-state index in [4.69, 9.17) is 16.3 Å². The summed E-state index contributed by atoms with van der Waals surface area (Å²) in [5.41, 5.74) is 0. The summed E-state index contributed by atoms with van der Waals surface area (Å²) >= 11 is 5.90. The highest BCUT2D eigenvalue weighted by Gasteiger charge is 2.09. The molecular formula is C16H27ClIN3O3S. The molecule has 1 unspecified atom stereocenters. The van der Waals surface area contributed by atoms with Crippen LogP contribution >= 0.6 is 35.6 Å². The van der Waals surface area contributed by atoms with Crippen LogP contribution < -0.4 is 15.4 Å². The second kappa shape index (κ2) is 12.6. The minimum atomic E-state index is -2.95. The molecule has 0 spiro atoms. The third kappa shape index (κ3) is 12.3. The molecule has 6 nitrogen and oxygen atoms in total. The van der Waals surface area contributed by atoms with E-state index in [2.05, 4.69) is 15.6 Å². The number of sulfone groups is 1. The van der Waals surface area contributed by atoms with Crippen LogP contribution in [0, 0.1) is 0 Å². The van der Waals surface area contributed by atoms with Gasteiger partial charge >= 0.3 is 0 Å². The number of halogens is 2. The molecule has 0 aliphatic heterocycles. The Morgan fingerprint density at radius 1 is 1.40 bits per heavy atom. The summed E-state index contributed by atoms with van der Waals surface area (Å²) in [6, 6.07) is 7.22. The molecule has 1 atom stereocenters. The number of nitrogens with zero attached hydrogens (tertiary/aromatic N) is 1. The van der Waals surface area contributed by atoms with Gasteiger partial charge in [-0.3, -0.25) is 0 Å². The predicted molar refractivity (Wildman–Crippen MR) is 115 cm³/mol. The molecule has 144 valence electrons. The van der Waals surface area contributed by atoms with Gasteiger partial charge in [0.2, 0.25) is 0 Å². The number of nitrogens with one attached hydrogen (secondary N) is 2. The molecule has 0 fully saturated rings. The van der Waals surface area contributed by atoms with Gasteiger partial charge in [0.15, 0.2) is 5.96 Å². The van der Waals surface area contributed by atoms with Crippen molar-refractivity contribution in [1.82, 2.24) is 10.6 Å². The molecule has 0 heterocycles. The smallest absolute Gasteiger partial charge is 0.191 e. The van der Waals surface area contributed by atoms with E-state index in [9.17, 15) is 8.42 Å². The van der Waals surface area contributed by atoms with Crippen molar-refractivity contribution in [2.24, 2.45) is 4.99 Å². The lowest BCUT2D eigenvalue weighted by Gasteiger charge is -2.17. The number of hydrogen-bond acceptors (Lipinski definition) is 4. The number of benzene rings is 1. The quantitative estimate of drug-likeness (QED) is 0.234. The van der Waals surface area contributed by atoms with Gasteiger partial charge < -0.3 is 15.4 Å². The van der Waals surface area contributed by atoms with Crippen LogP contribution in [0.4, 0.5) is 0 Å². The largest absolute Gasteiger partial charge is 0.492 e. The Labute approximate surface area is 172 Å². The lowest BCUT2D eigenvalue weighted by atomic mass is 10.3. The van der Waals surface area contributed by atoms with E-state index in [1.807, 2.05) is 26.0 Å². The fraction of sp³-hybridized carbons (Fsp3) is 0.562. The van der Waals surface area contributed by atoms with Crippen LogP contribution in [0.1, 0.15) is 20.3 Å². The Morgan fingerprint density at radius 3 is 2.72 bits per heavy atom. The van der Waals surface area contributed by atoms with Gasteiger partial charge in [-0.05, 0) is 38.5 Å². The Kier molecular flexibility index (Phi) is 12.2. The van der Waals surface area contributed by atoms with Crippen molar-refractivity contribution in [2.75, 3.05) is 31.7 Å². The number of guanidine groups is 1. The van der Waals surface area contributed by atoms with E-state index in [0.717, 1.165) is 6.54 Å². The van der Waals surface area contributed by atoms with Gasteiger partial charge in [0.05, 0.1) is 12.3 Å². The molecule has 1 aromatic carbocycles. The van der Waals surface area contributed by atoms with Crippen LogP contribution in [0.5, 0.6) is 5.75 Å². The van der Waals surface area contributed by atoms with Gasteiger partial charge in [-0.25, -0.2) is 13.4 Å². The molecule has 0 radical (unpaired) electrons. The maximum Gasteiger partial charge on any atom is 0.191 e. The van der Waals surface area contributed by atoms with Gasteiger partial charge in [0.1, 0.15) is 22.2 Å². The minimum absolute atomic E-state index is 0. The maximum atomic E-state index is 11.2. The lowest BCUT2D eigenvalue weighted by molar-refractivity contribution is 0.328. The van der Waals surface area contributed by atoms with Crippen molar-refractivity contribution in [3.8, 4) is 5.75 Å². The van der Waals surface area contributed by atoms with Crippen LogP contribution in [0.2, 0.25) is 5.02 Å². The standard InChI is InChI=1S/C16H26ClN3O3S.HI/c1-4-18-16(20-13(2)8-11-24(3,21)22)19-9-10-23-15-7-5-6-14(17)12-15;/h5-7,12-13H,4,8-11H2,1-3H3,(H2,18,19,20);1H. The molecular weight excluding hydrogens is 477 g/mol. The van der Waals surface area contributed by atoms with Crippen LogP contribution in [-0.2, 0) is 9.84 Å². The normalized spacial score (nSPS) is 12.9. The summed E-state index contributed by atoms with van der Waals surface area (Å²) in [5, 5.41) is 6.96. The Hall–Kier alpha value is -0.740. The average Bonchev–Trinajstić information content (AvgIpc) is 2.49. The highest BCUT2D eigenvalue weighted by Crippen LogP contribution is 2.16. The zero-order valence-electron chi connectivity index (χ0n) is 14.8. The zero-order valence-corrected chi connectivity index (χ0v) is 18.7. The third-order valence-corrected chi connectivity index (χ3v) is 4.29. The monoisotopic (exact) mass is 503 g/mol. The Morgan fingerprint density at radius 2 is 2.12 bits per heavy atom. The topological polar surface area (TPSA) is 79.8 Å². The summed E-state index contributed by atoms with van der Waals surface area (Å²) in [6.07, 6.45) is 1.77. The highest BCUT2D eigenvalue weighted by atomic mass is 127. The van der Waals surface area contributed by atoms with Gasteiger partial charge in [-0.1, -0.05) is 17.7 Å². The first-order valence-corrected chi connectivity index (χ1v) is 10.3. The SMILES string of the molecule is CCNC(=NCCOc1cccc(Cl)c1)NC(C)CCS(C)(=O)=O.I. The predicted octanol–water partition coefficient (Wildman–Crippen LogP) is 2.72. The van der Waals surface area contributed by atoms with Crippen molar-refractivity contribution in [2.45, 2.75) is 26.3 Å². The molecule has 9 heteroatoms. The van der Waals surface area contributed by atoms with Gasteiger partial charge in [-0.2, -0.15) is 0 Å². The molecule has 0 saturated heterocycles. The number of ether oxygens (including phenoxy) is 1. The van der Waals surface area contributed by atoms with Crippen LogP contribution in [0.25, 0.3) is 0 Å². The van der Waals surface area contributed by atoms with Crippen LogP contribution in [0.15, 0.2) is 29.3 Å². The number of aliphatic imine (C=N–C) groups is 1. The van der Waals surface area contributed by atoms with Crippen molar-refractivity contribution < 1.29 is 13.2 Å². The Bertz CT molecular complexity index is 641. The highest BCUT2D eigenvalue weighted by molar-refractivity contribution is 14.0. The molecule has 0 aromatic heterocycles. The van der Waals surface area contributed by atoms with Crippen molar-refractivity contribution >= 4 is 51.4 Å². The lowest BCUT2D eigenvalue weighted by Crippen LogP contribution is -2.43. The first kappa shape index (κ1) is 24.3. The molecule has 1 aromatic rings. The average molecular weight is 504 g/mol. The summed E-state index contributed by atoms with van der Waals surface area (Å²) in [4.78, 5) is 4.42. The minimum Gasteiger partial charge on any atom is -0.492 e. The molecule has 2 N–H and O–H groups in total. The second-order valence-corrected chi connectivity index (χ2v) is 8.23. The van der Waals surface area contributed by atoms with Crippen molar-refractivity contribution in [3.05, 3.63) is 29.3 Å². The molecule has 0 bridgehead atoms. The maximum absolute atomic E-state index is 11.2. The molecule has 0 aliphatic carbocycles. The molecule has 25 heavy (non-hydrogen) atoms. The van der Waals surface area contributed by atoms with E-state index >= 15 is 0 Å². The van der Waals surface area contributed by atoms with E-state index in [-0.39, 0.29) is 35.8 Å². The number of hydrogen-bond donors (Lipinski definition) is 2. The molecule has 0 aliphatic rings. The van der Waals surface area contributed by atoms with Gasteiger partial charge in [0, 0.05) is 23.9 Å². The number of rotatable bonds is 9. The van der Waals surface area contributed by atoms with Crippen LogP contribution in [-0.4, -0.2) is 52.1 Å². The fourth-order valence-corrected chi connectivity index (χ4v) is 2.86. The summed E-state index contributed by atoms with van der Waals surface area (Å²) in [6.45, 7) is 5.52. The summed E-state index contributed by atoms with van der Waals surface area (Å²) in [7, 11) is -2.95. The first-order valence-electron chi connectivity index (χ1n) is 7.91. The second-order valence-electron chi connectivity index (χ2n) is 5.53. The Balaban J connectivity index is 0.00000576. The third-order valence-electron chi connectivity index (χ3n) is 3.08. The van der Waals surface area contributed by atoms with Crippen molar-refractivity contribution in [1.29, 1.82) is 0 Å². The fourth-order valence-electron chi connectivity index (χ4n) is 1.89. The van der Waals surface area contributed by atoms with Gasteiger partial charge in [-0.15, -0.1) is 24.0 Å². The van der Waals surface area contributed by atoms with Gasteiger partial charge in [0.25, 0.3) is 0 Å². The molecule has 0 saturated carbocycles.